The molecule has 1 amide bonds. The smallest absolute Gasteiger partial charge is 0.246 e. The van der Waals surface area contributed by atoms with Gasteiger partial charge < -0.3 is 0 Å². The van der Waals surface area contributed by atoms with Crippen molar-refractivity contribution in [2.75, 3.05) is 0 Å². The summed E-state index contributed by atoms with van der Waals surface area (Å²) in [6, 6.07) is 0. The molecular formula is C11H19NO2. The molecule has 3 heteroatoms. The first-order valence-corrected chi connectivity index (χ1v) is 5.62. The quantitative estimate of drug-likeness (QED) is 0.701. The van der Waals surface area contributed by atoms with Gasteiger partial charge in [0.1, 0.15) is 0 Å². The van der Waals surface area contributed by atoms with Crippen LogP contribution in [0.5, 0.6) is 0 Å². The Kier molecular flexibility index (Phi) is 2.77. The lowest BCUT2D eigenvalue weighted by Gasteiger charge is -2.21. The number of amides is 1. The van der Waals surface area contributed by atoms with Gasteiger partial charge >= 0.3 is 0 Å². The monoisotopic (exact) mass is 197 g/mol. The van der Waals surface area contributed by atoms with Crippen LogP contribution in [-0.2, 0) is 9.63 Å². The highest BCUT2D eigenvalue weighted by Crippen LogP contribution is 2.48. The molecule has 14 heavy (non-hydrogen) atoms. The van der Waals surface area contributed by atoms with Crippen LogP contribution in [0.1, 0.15) is 39.5 Å². The summed E-state index contributed by atoms with van der Waals surface area (Å²) >= 11 is 0. The second-order valence-corrected chi connectivity index (χ2v) is 4.91. The fraction of sp³-hybridized carbons (Fsp3) is 0.909. The van der Waals surface area contributed by atoms with Gasteiger partial charge in [-0.2, -0.15) is 0 Å². The molecule has 80 valence electrons. The molecule has 1 N–H and O–H groups in total. The first-order valence-electron chi connectivity index (χ1n) is 5.62. The first kappa shape index (κ1) is 9.97. The molecule has 2 rings (SSSR count). The first-order chi connectivity index (χ1) is 6.66. The average molecular weight is 197 g/mol. The lowest BCUT2D eigenvalue weighted by molar-refractivity contribution is -0.142. The Hall–Kier alpha value is -0.570. The summed E-state index contributed by atoms with van der Waals surface area (Å²) in [5.41, 5.74) is 2.57. The normalized spacial score (nSPS) is 35.2. The van der Waals surface area contributed by atoms with Gasteiger partial charge in [0, 0.05) is 5.92 Å². The lowest BCUT2D eigenvalue weighted by atomic mass is 9.88. The van der Waals surface area contributed by atoms with Crippen molar-refractivity contribution in [1.82, 2.24) is 5.48 Å². The molecule has 0 radical (unpaired) electrons. The minimum absolute atomic E-state index is 0.0672. The molecule has 2 bridgehead atoms. The standard InChI is InChI=1S/C11H19NO2/c1-7(2)14-12-11(13)10-6-8-3-4-9(10)5-8/h7-10H,3-6H2,1-2H3,(H,12,13). The number of rotatable bonds is 3. The highest BCUT2D eigenvalue weighted by Gasteiger charge is 2.43. The van der Waals surface area contributed by atoms with Crippen LogP contribution in [0, 0.1) is 17.8 Å². The fourth-order valence-corrected chi connectivity index (χ4v) is 2.82. The number of hydrogen-bond acceptors (Lipinski definition) is 2. The zero-order chi connectivity index (χ0) is 10.1. The van der Waals surface area contributed by atoms with Crippen molar-refractivity contribution in [1.29, 1.82) is 0 Å². The highest BCUT2D eigenvalue weighted by atomic mass is 16.7. The van der Waals surface area contributed by atoms with Crippen LogP contribution in [0.4, 0.5) is 0 Å². The molecule has 0 aromatic carbocycles. The summed E-state index contributed by atoms with van der Waals surface area (Å²) in [7, 11) is 0. The van der Waals surface area contributed by atoms with E-state index in [-0.39, 0.29) is 17.9 Å². The third-order valence-corrected chi connectivity index (χ3v) is 3.47. The Labute approximate surface area is 85.2 Å². The van der Waals surface area contributed by atoms with Crippen LogP contribution in [0.2, 0.25) is 0 Å². The number of hydroxylamine groups is 1. The van der Waals surface area contributed by atoms with E-state index in [1.54, 1.807) is 0 Å². The molecule has 3 nitrogen and oxygen atoms in total. The Morgan fingerprint density at radius 1 is 1.36 bits per heavy atom. The van der Waals surface area contributed by atoms with Gasteiger partial charge in [0.2, 0.25) is 5.91 Å². The van der Waals surface area contributed by atoms with Crippen molar-refractivity contribution in [3.63, 3.8) is 0 Å². The van der Waals surface area contributed by atoms with Gasteiger partial charge in [-0.3, -0.25) is 9.63 Å². The zero-order valence-corrected chi connectivity index (χ0v) is 8.95. The van der Waals surface area contributed by atoms with E-state index in [2.05, 4.69) is 5.48 Å². The van der Waals surface area contributed by atoms with Gasteiger partial charge in [-0.1, -0.05) is 6.42 Å². The van der Waals surface area contributed by atoms with Crippen LogP contribution in [-0.4, -0.2) is 12.0 Å². The number of carbonyl (C=O) groups excluding carboxylic acids is 1. The molecule has 0 spiro atoms. The third kappa shape index (κ3) is 1.92. The molecule has 0 aromatic heterocycles. The van der Waals surface area contributed by atoms with E-state index in [0.29, 0.717) is 5.92 Å². The second-order valence-electron chi connectivity index (χ2n) is 4.91. The highest BCUT2D eigenvalue weighted by molar-refractivity contribution is 5.78. The SMILES string of the molecule is CC(C)ONC(=O)C1CC2CCC1C2. The van der Waals surface area contributed by atoms with Gasteiger partial charge in [0.15, 0.2) is 0 Å². The van der Waals surface area contributed by atoms with Crippen molar-refractivity contribution >= 4 is 5.91 Å². The second kappa shape index (κ2) is 3.89. The van der Waals surface area contributed by atoms with E-state index in [1.807, 2.05) is 13.8 Å². The molecule has 3 unspecified atom stereocenters. The van der Waals surface area contributed by atoms with Crippen LogP contribution >= 0.6 is 0 Å². The van der Waals surface area contributed by atoms with E-state index in [9.17, 15) is 4.79 Å². The number of carbonyl (C=O) groups is 1. The van der Waals surface area contributed by atoms with Gasteiger partial charge in [0.25, 0.3) is 0 Å². The molecule has 0 aromatic rings. The zero-order valence-electron chi connectivity index (χ0n) is 8.95. The van der Waals surface area contributed by atoms with E-state index < -0.39 is 0 Å². The summed E-state index contributed by atoms with van der Waals surface area (Å²) < 4.78 is 0. The summed E-state index contributed by atoms with van der Waals surface area (Å²) in [5, 5.41) is 0. The van der Waals surface area contributed by atoms with E-state index in [0.717, 1.165) is 12.3 Å². The molecule has 2 aliphatic carbocycles. The molecule has 0 heterocycles. The Balaban J connectivity index is 1.81. The maximum absolute atomic E-state index is 11.7. The molecule has 2 saturated carbocycles. The maximum atomic E-state index is 11.7. The summed E-state index contributed by atoms with van der Waals surface area (Å²) in [5.74, 6) is 1.78. The molecule has 0 aliphatic heterocycles. The van der Waals surface area contributed by atoms with Gasteiger partial charge in [-0.25, -0.2) is 5.48 Å². The predicted molar refractivity (Wildman–Crippen MR) is 53.3 cm³/mol. The molecule has 2 fully saturated rings. The number of fused-ring (bicyclic) bond motifs is 2. The summed E-state index contributed by atoms with van der Waals surface area (Å²) in [6.45, 7) is 3.84. The van der Waals surface area contributed by atoms with E-state index in [4.69, 9.17) is 4.84 Å². The predicted octanol–water partition coefficient (Wildman–Crippen LogP) is 1.88. The van der Waals surface area contributed by atoms with Gasteiger partial charge in [0.05, 0.1) is 6.10 Å². The van der Waals surface area contributed by atoms with E-state index in [1.165, 1.54) is 19.3 Å². The fourth-order valence-electron chi connectivity index (χ4n) is 2.82. The Morgan fingerprint density at radius 3 is 2.64 bits per heavy atom. The molecular weight excluding hydrogens is 178 g/mol. The minimum Gasteiger partial charge on any atom is -0.272 e. The van der Waals surface area contributed by atoms with Crippen LogP contribution < -0.4 is 5.48 Å². The molecule has 2 aliphatic rings. The van der Waals surface area contributed by atoms with E-state index >= 15 is 0 Å². The van der Waals surface area contributed by atoms with Crippen LogP contribution in [0.3, 0.4) is 0 Å². The maximum Gasteiger partial charge on any atom is 0.246 e. The van der Waals surface area contributed by atoms with Crippen molar-refractivity contribution in [2.24, 2.45) is 17.8 Å². The summed E-state index contributed by atoms with van der Waals surface area (Å²) in [4.78, 5) is 16.8. The number of nitrogens with one attached hydrogen (secondary N) is 1. The van der Waals surface area contributed by atoms with Crippen molar-refractivity contribution in [3.05, 3.63) is 0 Å². The third-order valence-electron chi connectivity index (χ3n) is 3.47. The van der Waals surface area contributed by atoms with Crippen molar-refractivity contribution < 1.29 is 9.63 Å². The van der Waals surface area contributed by atoms with Gasteiger partial charge in [-0.05, 0) is 44.9 Å². The van der Waals surface area contributed by atoms with Crippen molar-refractivity contribution in [3.8, 4) is 0 Å². The molecule has 3 atom stereocenters. The molecule has 0 saturated heterocycles. The van der Waals surface area contributed by atoms with Crippen LogP contribution in [0.25, 0.3) is 0 Å². The largest absolute Gasteiger partial charge is 0.272 e. The van der Waals surface area contributed by atoms with Crippen molar-refractivity contribution in [2.45, 2.75) is 45.6 Å². The van der Waals surface area contributed by atoms with Crippen LogP contribution in [0.15, 0.2) is 0 Å². The lowest BCUT2D eigenvalue weighted by Crippen LogP contribution is -2.35. The van der Waals surface area contributed by atoms with Gasteiger partial charge in [-0.15, -0.1) is 0 Å². The Bertz CT molecular complexity index is 227. The minimum atomic E-state index is 0.0672. The number of hydrogen-bond donors (Lipinski definition) is 1. The Morgan fingerprint density at radius 2 is 2.14 bits per heavy atom. The average Bonchev–Trinajstić information content (AvgIpc) is 2.74. The topological polar surface area (TPSA) is 38.3 Å². The summed E-state index contributed by atoms with van der Waals surface area (Å²) in [6.07, 6.45) is 4.99.